The molecule has 1 aliphatic heterocycles. The van der Waals surface area contributed by atoms with Crippen LogP contribution in [-0.2, 0) is 12.0 Å². The van der Waals surface area contributed by atoms with Crippen LogP contribution in [0.25, 0.3) is 0 Å². The molecule has 6 nitrogen and oxygen atoms in total. The molecule has 0 amide bonds. The highest BCUT2D eigenvalue weighted by atomic mass is 19.1. The van der Waals surface area contributed by atoms with Crippen LogP contribution in [0.15, 0.2) is 30.6 Å². The Kier molecular flexibility index (Phi) is 5.05. The standard InChI is InChI=1S/C22H25F2N3O3/c1-12(28)9-25-18-7-15-14(10-26-18)11-27(13(2)22(15)5-6-22)21-19(23)16(29-3)8-17(30-4)20(21)24/h7-8,10,12,28H,2,5-6,9,11H2,1,3-4H3,(H,25,26). The van der Waals surface area contributed by atoms with Crippen LogP contribution in [0.4, 0.5) is 20.3 Å². The minimum Gasteiger partial charge on any atom is -0.493 e. The first-order chi connectivity index (χ1) is 14.3. The van der Waals surface area contributed by atoms with Crippen molar-refractivity contribution in [3.8, 4) is 11.5 Å². The van der Waals surface area contributed by atoms with E-state index < -0.39 is 17.7 Å². The molecule has 8 heteroatoms. The molecule has 1 unspecified atom stereocenters. The monoisotopic (exact) mass is 417 g/mol. The normalized spacial score (nSPS) is 17.5. The minimum atomic E-state index is -0.792. The van der Waals surface area contributed by atoms with Gasteiger partial charge in [0.15, 0.2) is 23.1 Å². The summed E-state index contributed by atoms with van der Waals surface area (Å²) >= 11 is 0. The zero-order valence-electron chi connectivity index (χ0n) is 17.3. The first-order valence-electron chi connectivity index (χ1n) is 9.80. The lowest BCUT2D eigenvalue weighted by atomic mass is 9.85. The molecule has 0 bridgehead atoms. The lowest BCUT2D eigenvalue weighted by Gasteiger charge is -2.39. The Morgan fingerprint density at radius 1 is 1.23 bits per heavy atom. The van der Waals surface area contributed by atoms with Crippen LogP contribution >= 0.6 is 0 Å². The number of methoxy groups -OCH3 is 2. The number of benzene rings is 1. The highest BCUT2D eigenvalue weighted by molar-refractivity contribution is 5.68. The van der Waals surface area contributed by atoms with E-state index in [1.54, 1.807) is 18.0 Å². The number of ether oxygens (including phenoxy) is 2. The lowest BCUT2D eigenvalue weighted by molar-refractivity contribution is 0.208. The number of anilines is 2. The fourth-order valence-corrected chi connectivity index (χ4v) is 4.09. The number of hydrogen-bond donors (Lipinski definition) is 2. The Morgan fingerprint density at radius 3 is 2.40 bits per heavy atom. The molecule has 0 saturated heterocycles. The molecule has 2 aromatic rings. The second-order valence-corrected chi connectivity index (χ2v) is 7.83. The van der Waals surface area contributed by atoms with Gasteiger partial charge in [0.05, 0.1) is 20.3 Å². The maximum Gasteiger partial charge on any atom is 0.191 e. The summed E-state index contributed by atoms with van der Waals surface area (Å²) in [6.07, 6.45) is 2.88. The zero-order valence-corrected chi connectivity index (χ0v) is 17.3. The van der Waals surface area contributed by atoms with Crippen LogP contribution in [0.2, 0.25) is 0 Å². The molecule has 30 heavy (non-hydrogen) atoms. The summed E-state index contributed by atoms with van der Waals surface area (Å²) < 4.78 is 40.5. The molecule has 1 saturated carbocycles. The van der Waals surface area contributed by atoms with Crippen LogP contribution in [-0.4, -0.2) is 37.0 Å². The average molecular weight is 417 g/mol. The summed E-state index contributed by atoms with van der Waals surface area (Å²) in [5.41, 5.74) is 1.96. The number of rotatable bonds is 6. The van der Waals surface area contributed by atoms with Crippen molar-refractivity contribution in [2.45, 2.75) is 37.8 Å². The van der Waals surface area contributed by atoms with Crippen LogP contribution in [0, 0.1) is 11.6 Å². The molecule has 1 aliphatic carbocycles. The van der Waals surface area contributed by atoms with E-state index in [2.05, 4.69) is 16.9 Å². The molecule has 2 heterocycles. The van der Waals surface area contributed by atoms with Gasteiger partial charge in [-0.05, 0) is 37.0 Å². The second-order valence-electron chi connectivity index (χ2n) is 7.83. The Bertz CT molecular complexity index is 977. The number of hydrogen-bond acceptors (Lipinski definition) is 6. The Balaban J connectivity index is 1.78. The molecule has 2 aliphatic rings. The highest BCUT2D eigenvalue weighted by Crippen LogP contribution is 2.59. The predicted octanol–water partition coefficient (Wildman–Crippen LogP) is 3.74. The highest BCUT2D eigenvalue weighted by Gasteiger charge is 2.53. The van der Waals surface area contributed by atoms with Crippen LogP contribution in [0.3, 0.4) is 0 Å². The lowest BCUT2D eigenvalue weighted by Crippen LogP contribution is -2.36. The molecule has 1 aromatic heterocycles. The number of nitrogens with one attached hydrogen (secondary N) is 1. The fourth-order valence-electron chi connectivity index (χ4n) is 4.09. The molecule has 1 fully saturated rings. The van der Waals surface area contributed by atoms with Crippen molar-refractivity contribution in [3.63, 3.8) is 0 Å². The summed E-state index contributed by atoms with van der Waals surface area (Å²) in [7, 11) is 2.65. The maximum absolute atomic E-state index is 15.1. The summed E-state index contributed by atoms with van der Waals surface area (Å²) in [5.74, 6) is -1.12. The number of pyridine rings is 1. The van der Waals surface area contributed by atoms with Crippen molar-refractivity contribution in [1.82, 2.24) is 4.98 Å². The van der Waals surface area contributed by atoms with Gasteiger partial charge in [-0.3, -0.25) is 0 Å². The van der Waals surface area contributed by atoms with Gasteiger partial charge < -0.3 is 24.8 Å². The van der Waals surface area contributed by atoms with Crippen molar-refractivity contribution in [1.29, 1.82) is 0 Å². The van der Waals surface area contributed by atoms with E-state index in [4.69, 9.17) is 9.47 Å². The van der Waals surface area contributed by atoms with E-state index in [0.717, 1.165) is 24.0 Å². The smallest absolute Gasteiger partial charge is 0.191 e. The molecule has 2 N–H and O–H groups in total. The molecule has 160 valence electrons. The van der Waals surface area contributed by atoms with Gasteiger partial charge in [0.25, 0.3) is 0 Å². The fraction of sp³-hybridized carbons (Fsp3) is 0.409. The minimum absolute atomic E-state index is 0.0949. The van der Waals surface area contributed by atoms with E-state index in [0.29, 0.717) is 18.1 Å². The number of aliphatic hydroxyl groups is 1. The van der Waals surface area contributed by atoms with Gasteiger partial charge >= 0.3 is 0 Å². The summed E-state index contributed by atoms with van der Waals surface area (Å²) in [6.45, 7) is 6.51. The average Bonchev–Trinajstić information content (AvgIpc) is 3.52. The van der Waals surface area contributed by atoms with E-state index in [-0.39, 0.29) is 29.1 Å². The molecule has 1 aromatic carbocycles. The van der Waals surface area contributed by atoms with Gasteiger partial charge in [-0.2, -0.15) is 0 Å². The van der Waals surface area contributed by atoms with Gasteiger partial charge in [-0.15, -0.1) is 0 Å². The maximum atomic E-state index is 15.1. The summed E-state index contributed by atoms with van der Waals surface area (Å²) in [6, 6.07) is 3.15. The Morgan fingerprint density at radius 2 is 1.87 bits per heavy atom. The first kappa shape index (κ1) is 20.4. The summed E-state index contributed by atoms with van der Waals surface area (Å²) in [5, 5.41) is 12.6. The van der Waals surface area contributed by atoms with Gasteiger partial charge in [0.2, 0.25) is 0 Å². The number of aliphatic hydroxyl groups excluding tert-OH is 1. The van der Waals surface area contributed by atoms with Crippen LogP contribution in [0.1, 0.15) is 30.9 Å². The zero-order chi connectivity index (χ0) is 21.6. The third-order valence-corrected chi connectivity index (χ3v) is 5.86. The summed E-state index contributed by atoms with van der Waals surface area (Å²) in [4.78, 5) is 5.97. The Labute approximate surface area is 174 Å². The van der Waals surface area contributed by atoms with Crippen molar-refractivity contribution < 1.29 is 23.4 Å². The van der Waals surface area contributed by atoms with Crippen molar-refractivity contribution in [2.24, 2.45) is 0 Å². The van der Waals surface area contributed by atoms with Crippen molar-refractivity contribution in [3.05, 3.63) is 53.4 Å². The topological polar surface area (TPSA) is 66.9 Å². The van der Waals surface area contributed by atoms with Crippen molar-refractivity contribution >= 4 is 11.5 Å². The molecular formula is C22H25F2N3O3. The Hall–Kier alpha value is -2.87. The third-order valence-electron chi connectivity index (χ3n) is 5.86. The van der Waals surface area contributed by atoms with E-state index in [1.165, 1.54) is 20.3 Å². The first-order valence-corrected chi connectivity index (χ1v) is 9.80. The van der Waals surface area contributed by atoms with E-state index >= 15 is 8.78 Å². The largest absolute Gasteiger partial charge is 0.493 e. The number of nitrogens with zero attached hydrogens (tertiary/aromatic N) is 2. The van der Waals surface area contributed by atoms with E-state index in [1.807, 2.05) is 6.07 Å². The SMILES string of the molecule is C=C1N(c2c(F)c(OC)cc(OC)c2F)Cc2cnc(NCC(C)O)cc2C12CC2. The number of fused-ring (bicyclic) bond motifs is 2. The van der Waals surface area contributed by atoms with Gasteiger partial charge in [0, 0.05) is 36.5 Å². The number of aromatic nitrogens is 1. The molecule has 1 spiro atoms. The number of halogens is 2. The quantitative estimate of drug-likeness (QED) is 0.747. The van der Waals surface area contributed by atoms with E-state index in [9.17, 15) is 5.11 Å². The molecular weight excluding hydrogens is 392 g/mol. The van der Waals surface area contributed by atoms with Crippen LogP contribution in [0.5, 0.6) is 11.5 Å². The van der Waals surface area contributed by atoms with Gasteiger partial charge in [-0.1, -0.05) is 6.58 Å². The van der Waals surface area contributed by atoms with Crippen LogP contribution < -0.4 is 19.7 Å². The predicted molar refractivity (Wildman–Crippen MR) is 110 cm³/mol. The molecule has 4 rings (SSSR count). The second kappa shape index (κ2) is 7.43. The molecule has 1 atom stereocenters. The van der Waals surface area contributed by atoms with Crippen molar-refractivity contribution in [2.75, 3.05) is 31.0 Å². The third kappa shape index (κ3) is 3.15. The van der Waals surface area contributed by atoms with Gasteiger partial charge in [-0.25, -0.2) is 13.8 Å². The molecule has 0 radical (unpaired) electrons. The number of allylic oxidation sites excluding steroid dienone is 1. The van der Waals surface area contributed by atoms with Gasteiger partial charge in [0.1, 0.15) is 11.5 Å².